The lowest BCUT2D eigenvalue weighted by molar-refractivity contribution is -0.123. The van der Waals surface area contributed by atoms with Gasteiger partial charge in [0.05, 0.1) is 6.61 Å². The molecule has 98 valence electrons. The Kier molecular flexibility index (Phi) is 5.32. The molecule has 0 aliphatic carbocycles. The Labute approximate surface area is 114 Å². The van der Waals surface area contributed by atoms with Crippen molar-refractivity contribution in [1.29, 1.82) is 0 Å². The van der Waals surface area contributed by atoms with E-state index in [1.165, 1.54) is 5.56 Å². The highest BCUT2D eigenvalue weighted by Gasteiger charge is 2.03. The molecule has 0 aliphatic heterocycles. The third kappa shape index (κ3) is 5.06. The highest BCUT2D eigenvalue weighted by atomic mass is 16.5. The van der Waals surface area contributed by atoms with Crippen molar-refractivity contribution in [1.82, 2.24) is 0 Å². The lowest BCUT2D eigenvalue weighted by Crippen LogP contribution is -2.09. The van der Waals surface area contributed by atoms with Crippen LogP contribution in [0.1, 0.15) is 17.5 Å². The molecule has 0 saturated carbocycles. The molecule has 0 unspecified atom stereocenters. The number of ketones is 1. The zero-order valence-corrected chi connectivity index (χ0v) is 10.9. The number of hydrogen-bond acceptors (Lipinski definition) is 2. The van der Waals surface area contributed by atoms with E-state index in [-0.39, 0.29) is 12.4 Å². The summed E-state index contributed by atoms with van der Waals surface area (Å²) < 4.78 is 5.42. The Balaban J connectivity index is 1.65. The predicted octanol–water partition coefficient (Wildman–Crippen LogP) is 3.41. The maximum atomic E-state index is 11.7. The highest BCUT2D eigenvalue weighted by Crippen LogP contribution is 2.04. The van der Waals surface area contributed by atoms with E-state index in [2.05, 4.69) is 0 Å². The van der Waals surface area contributed by atoms with Gasteiger partial charge in [-0.05, 0) is 17.5 Å². The Morgan fingerprint density at radius 1 is 0.842 bits per heavy atom. The number of aryl methyl sites for hydroxylation is 1. The molecule has 0 spiro atoms. The van der Waals surface area contributed by atoms with Crippen LogP contribution in [0, 0.1) is 0 Å². The number of rotatable bonds is 7. The van der Waals surface area contributed by atoms with Crippen molar-refractivity contribution in [2.24, 2.45) is 0 Å². The summed E-state index contributed by atoms with van der Waals surface area (Å²) in [6, 6.07) is 19.9. The van der Waals surface area contributed by atoms with Gasteiger partial charge in [-0.15, -0.1) is 0 Å². The third-order valence-corrected chi connectivity index (χ3v) is 2.91. The molecule has 2 heteroatoms. The van der Waals surface area contributed by atoms with Crippen LogP contribution < -0.4 is 0 Å². The number of benzene rings is 2. The molecule has 2 rings (SSSR count). The zero-order chi connectivity index (χ0) is 13.3. The summed E-state index contributed by atoms with van der Waals surface area (Å²) in [5.41, 5.74) is 2.29. The van der Waals surface area contributed by atoms with E-state index in [0.29, 0.717) is 13.0 Å². The Morgan fingerprint density at radius 3 is 2.05 bits per heavy atom. The van der Waals surface area contributed by atoms with Crippen molar-refractivity contribution < 1.29 is 9.53 Å². The lowest BCUT2D eigenvalue weighted by Gasteiger charge is -2.04. The predicted molar refractivity (Wildman–Crippen MR) is 75.9 cm³/mol. The summed E-state index contributed by atoms with van der Waals surface area (Å²) in [5.74, 6) is 0.153. The number of hydrogen-bond donors (Lipinski definition) is 0. The summed E-state index contributed by atoms with van der Waals surface area (Å²) in [5, 5.41) is 0. The minimum atomic E-state index is 0.153. The van der Waals surface area contributed by atoms with Crippen LogP contribution >= 0.6 is 0 Å². The minimum Gasteiger partial charge on any atom is -0.369 e. The van der Waals surface area contributed by atoms with E-state index < -0.39 is 0 Å². The first-order chi connectivity index (χ1) is 9.34. The molecular weight excluding hydrogens is 236 g/mol. The van der Waals surface area contributed by atoms with Gasteiger partial charge in [-0.3, -0.25) is 4.79 Å². The van der Waals surface area contributed by atoms with E-state index >= 15 is 0 Å². The zero-order valence-electron chi connectivity index (χ0n) is 10.9. The molecule has 2 aromatic carbocycles. The molecule has 2 aromatic rings. The smallest absolute Gasteiger partial charge is 0.158 e. The van der Waals surface area contributed by atoms with Gasteiger partial charge in [-0.2, -0.15) is 0 Å². The van der Waals surface area contributed by atoms with Crippen LogP contribution in [-0.2, 0) is 22.6 Å². The van der Waals surface area contributed by atoms with Gasteiger partial charge in [-0.1, -0.05) is 60.7 Å². The first-order valence-corrected chi connectivity index (χ1v) is 6.52. The lowest BCUT2D eigenvalue weighted by atomic mass is 10.1. The molecule has 0 heterocycles. The Morgan fingerprint density at radius 2 is 1.42 bits per heavy atom. The molecular formula is C17H18O2. The topological polar surface area (TPSA) is 26.3 Å². The van der Waals surface area contributed by atoms with Crippen LogP contribution in [0.3, 0.4) is 0 Å². The Bertz CT molecular complexity index is 491. The van der Waals surface area contributed by atoms with E-state index in [0.717, 1.165) is 12.0 Å². The fraction of sp³-hybridized carbons (Fsp3) is 0.235. The van der Waals surface area contributed by atoms with Crippen LogP contribution in [0.2, 0.25) is 0 Å². The van der Waals surface area contributed by atoms with Gasteiger partial charge in [0.15, 0.2) is 5.78 Å². The average molecular weight is 254 g/mol. The summed E-state index contributed by atoms with van der Waals surface area (Å²) in [7, 11) is 0. The maximum absolute atomic E-state index is 11.7. The first-order valence-electron chi connectivity index (χ1n) is 6.52. The number of Topliss-reactive ketones (excluding diaryl/α,β-unsaturated/α-hetero) is 1. The van der Waals surface area contributed by atoms with Gasteiger partial charge >= 0.3 is 0 Å². The largest absolute Gasteiger partial charge is 0.369 e. The fourth-order valence-corrected chi connectivity index (χ4v) is 1.86. The summed E-state index contributed by atoms with van der Waals surface area (Å²) in [6.45, 7) is 0.694. The van der Waals surface area contributed by atoms with Gasteiger partial charge in [0.25, 0.3) is 0 Å². The SMILES string of the molecule is O=C(CCc1ccccc1)COCc1ccccc1. The summed E-state index contributed by atoms with van der Waals surface area (Å²) >= 11 is 0. The van der Waals surface area contributed by atoms with Crippen molar-refractivity contribution in [3.05, 3.63) is 71.8 Å². The van der Waals surface area contributed by atoms with Gasteiger partial charge in [-0.25, -0.2) is 0 Å². The van der Waals surface area contributed by atoms with Gasteiger partial charge in [0.1, 0.15) is 6.61 Å². The molecule has 0 radical (unpaired) electrons. The number of carbonyl (C=O) groups excluding carboxylic acids is 1. The van der Waals surface area contributed by atoms with Crippen molar-refractivity contribution in [2.45, 2.75) is 19.4 Å². The average Bonchev–Trinajstić information content (AvgIpc) is 2.47. The normalized spacial score (nSPS) is 10.3. The van der Waals surface area contributed by atoms with Crippen molar-refractivity contribution in [3.8, 4) is 0 Å². The molecule has 19 heavy (non-hydrogen) atoms. The van der Waals surface area contributed by atoms with Gasteiger partial charge in [0.2, 0.25) is 0 Å². The molecule has 2 nitrogen and oxygen atoms in total. The molecule has 0 bridgehead atoms. The molecule has 0 N–H and O–H groups in total. The van der Waals surface area contributed by atoms with Crippen LogP contribution in [0.25, 0.3) is 0 Å². The molecule has 0 atom stereocenters. The van der Waals surface area contributed by atoms with E-state index in [4.69, 9.17) is 4.74 Å². The van der Waals surface area contributed by atoms with E-state index in [1.807, 2.05) is 60.7 Å². The molecule has 0 fully saturated rings. The van der Waals surface area contributed by atoms with E-state index in [1.54, 1.807) is 0 Å². The highest BCUT2D eigenvalue weighted by molar-refractivity contribution is 5.79. The second kappa shape index (κ2) is 7.49. The second-order valence-electron chi connectivity index (χ2n) is 4.50. The fourth-order valence-electron chi connectivity index (χ4n) is 1.86. The summed E-state index contributed by atoms with van der Waals surface area (Å²) in [4.78, 5) is 11.7. The third-order valence-electron chi connectivity index (χ3n) is 2.91. The van der Waals surface area contributed by atoms with E-state index in [9.17, 15) is 4.79 Å². The monoisotopic (exact) mass is 254 g/mol. The molecule has 0 aromatic heterocycles. The van der Waals surface area contributed by atoms with Crippen LogP contribution in [0.4, 0.5) is 0 Å². The van der Waals surface area contributed by atoms with Crippen LogP contribution in [0.15, 0.2) is 60.7 Å². The first kappa shape index (κ1) is 13.5. The maximum Gasteiger partial charge on any atom is 0.158 e. The van der Waals surface area contributed by atoms with Crippen molar-refractivity contribution >= 4 is 5.78 Å². The number of carbonyl (C=O) groups is 1. The number of ether oxygens (including phenoxy) is 1. The standard InChI is InChI=1S/C17H18O2/c18-17(12-11-15-7-3-1-4-8-15)14-19-13-16-9-5-2-6-10-16/h1-10H,11-14H2. The quantitative estimate of drug-likeness (QED) is 0.757. The van der Waals surface area contributed by atoms with Gasteiger partial charge in [0, 0.05) is 6.42 Å². The van der Waals surface area contributed by atoms with Crippen molar-refractivity contribution in [3.63, 3.8) is 0 Å². The van der Waals surface area contributed by atoms with Gasteiger partial charge < -0.3 is 4.74 Å². The molecule has 0 aliphatic rings. The second-order valence-corrected chi connectivity index (χ2v) is 4.50. The van der Waals surface area contributed by atoms with Crippen LogP contribution in [-0.4, -0.2) is 12.4 Å². The molecule has 0 amide bonds. The van der Waals surface area contributed by atoms with Crippen molar-refractivity contribution in [2.75, 3.05) is 6.61 Å². The molecule has 0 saturated heterocycles. The Hall–Kier alpha value is -1.93. The minimum absolute atomic E-state index is 0.153. The van der Waals surface area contributed by atoms with Crippen LogP contribution in [0.5, 0.6) is 0 Å². The summed E-state index contributed by atoms with van der Waals surface area (Å²) in [6.07, 6.45) is 1.33.